The van der Waals surface area contributed by atoms with Crippen molar-refractivity contribution >= 4 is 53.0 Å². The number of nitrogens with one attached hydrogen (secondary N) is 1. The van der Waals surface area contributed by atoms with E-state index < -0.39 is 77.9 Å². The van der Waals surface area contributed by atoms with Crippen molar-refractivity contribution in [1.82, 2.24) is 15.3 Å². The molecule has 3 aromatic rings. The summed E-state index contributed by atoms with van der Waals surface area (Å²) >= 11 is 12.0. The molecule has 2 aromatic heterocycles. The van der Waals surface area contributed by atoms with E-state index in [9.17, 15) is 24.0 Å². The highest BCUT2D eigenvalue weighted by Gasteiger charge is 2.42. The molecule has 4 rings (SSSR count). The van der Waals surface area contributed by atoms with Crippen molar-refractivity contribution in [3.05, 3.63) is 81.9 Å². The van der Waals surface area contributed by atoms with Gasteiger partial charge in [0.1, 0.15) is 23.8 Å². The van der Waals surface area contributed by atoms with Gasteiger partial charge in [-0.25, -0.2) is 19.6 Å². The van der Waals surface area contributed by atoms with Crippen molar-refractivity contribution < 1.29 is 47.7 Å². The number of benzene rings is 1. The lowest BCUT2D eigenvalue weighted by Gasteiger charge is -2.29. The van der Waals surface area contributed by atoms with Gasteiger partial charge in [-0.15, -0.1) is 0 Å². The summed E-state index contributed by atoms with van der Waals surface area (Å²) in [6, 6.07) is 11.5. The number of esters is 4. The first kappa shape index (κ1) is 35.1. The van der Waals surface area contributed by atoms with E-state index in [1.54, 1.807) is 38.1 Å². The van der Waals surface area contributed by atoms with Crippen molar-refractivity contribution in [2.45, 2.75) is 45.4 Å². The van der Waals surface area contributed by atoms with Crippen LogP contribution < -0.4 is 14.8 Å². The second-order valence-corrected chi connectivity index (χ2v) is 11.5. The number of hydrogen-bond donors (Lipinski definition) is 1. The molecule has 1 aliphatic heterocycles. The molecule has 1 fully saturated rings. The number of rotatable bonds is 9. The quantitative estimate of drug-likeness (QED) is 0.195. The molecule has 0 saturated carbocycles. The highest BCUT2D eigenvalue weighted by molar-refractivity contribution is 6.34. The first-order chi connectivity index (χ1) is 22.4. The number of carbonyl (C=O) groups is 5. The van der Waals surface area contributed by atoms with Gasteiger partial charge in [0.25, 0.3) is 5.91 Å². The van der Waals surface area contributed by atoms with Gasteiger partial charge in [-0.2, -0.15) is 0 Å². The maximum Gasteiger partial charge on any atom is 0.364 e. The second kappa shape index (κ2) is 15.7. The molecule has 248 valence electrons. The fourth-order valence-electron chi connectivity index (χ4n) is 4.53. The number of hydrogen-bond acceptors (Lipinski definition) is 12. The third-order valence-electron chi connectivity index (χ3n) is 6.97. The smallest absolute Gasteiger partial charge is 0.364 e. The van der Waals surface area contributed by atoms with Gasteiger partial charge in [-0.05, 0) is 31.0 Å². The van der Waals surface area contributed by atoms with Crippen molar-refractivity contribution in [2.24, 2.45) is 11.8 Å². The van der Waals surface area contributed by atoms with E-state index in [0.717, 1.165) is 5.56 Å². The molecule has 1 aromatic carbocycles. The Morgan fingerprint density at radius 2 is 1.74 bits per heavy atom. The largest absolute Gasteiger partial charge is 0.493 e. The number of methoxy groups -OCH3 is 1. The molecule has 0 radical (unpaired) electrons. The Morgan fingerprint density at radius 3 is 2.43 bits per heavy atom. The molecule has 3 heterocycles. The number of pyridine rings is 2. The van der Waals surface area contributed by atoms with E-state index in [2.05, 4.69) is 15.3 Å². The lowest BCUT2D eigenvalue weighted by atomic mass is 9.91. The predicted octanol–water partition coefficient (Wildman–Crippen LogP) is 4.02. The number of nitrogens with zero attached hydrogens (tertiary/aromatic N) is 2. The molecule has 1 amide bonds. The summed E-state index contributed by atoms with van der Waals surface area (Å²) in [6.07, 6.45) is -0.997. The van der Waals surface area contributed by atoms with Crippen molar-refractivity contribution in [2.75, 3.05) is 13.7 Å². The molecular formula is C32H31Cl2N3O10. The molecule has 4 atom stereocenters. The Kier molecular flexibility index (Phi) is 11.7. The molecule has 13 nitrogen and oxygen atoms in total. The highest BCUT2D eigenvalue weighted by Crippen LogP contribution is 2.31. The first-order valence-electron chi connectivity index (χ1n) is 14.4. The molecule has 1 aliphatic rings. The SMILES string of the molecule is COc1ccnc(C(=O)N[C@H]2COC(=O)[C@H](Cc3ccccc3)[C@@H](OC(=O)C(C)C)[C@H](C)OC2=O)c1OC(=O)c1nc(Cl)ccc1Cl. The maximum absolute atomic E-state index is 13.5. The summed E-state index contributed by atoms with van der Waals surface area (Å²) < 4.78 is 27.5. The zero-order valence-electron chi connectivity index (χ0n) is 25.7. The van der Waals surface area contributed by atoms with Gasteiger partial charge in [0.2, 0.25) is 5.75 Å². The van der Waals surface area contributed by atoms with Crippen LogP contribution in [0.15, 0.2) is 54.7 Å². The van der Waals surface area contributed by atoms with Gasteiger partial charge in [0.15, 0.2) is 29.3 Å². The summed E-state index contributed by atoms with van der Waals surface area (Å²) in [4.78, 5) is 73.8. The predicted molar refractivity (Wildman–Crippen MR) is 166 cm³/mol. The van der Waals surface area contributed by atoms with Crippen LogP contribution >= 0.6 is 23.2 Å². The van der Waals surface area contributed by atoms with Crippen molar-refractivity contribution in [3.8, 4) is 11.5 Å². The van der Waals surface area contributed by atoms with Crippen molar-refractivity contribution in [1.29, 1.82) is 0 Å². The van der Waals surface area contributed by atoms with Crippen LogP contribution in [0.25, 0.3) is 0 Å². The number of cyclic esters (lactones) is 2. The van der Waals surface area contributed by atoms with Crippen LogP contribution in [-0.4, -0.2) is 71.7 Å². The number of aromatic nitrogens is 2. The topological polar surface area (TPSA) is 169 Å². The van der Waals surface area contributed by atoms with Gasteiger partial charge in [0.05, 0.1) is 18.1 Å². The van der Waals surface area contributed by atoms with Crippen LogP contribution in [0.5, 0.6) is 11.5 Å². The standard InChI is InChI=1S/C32H31Cl2N3O10/c1-16(2)29(39)46-26-17(3)45-31(41)21(15-44-30(40)19(26)14-18-8-6-5-7-9-18)36-28(38)25-27(22(43-4)12-13-35-25)47-32(42)24-20(33)10-11-23(34)37-24/h5-13,16-17,19,21,26H,14-15H2,1-4H3,(H,36,38)/t17-,19+,21-,26-/m0/s1. The summed E-state index contributed by atoms with van der Waals surface area (Å²) in [5.41, 5.74) is -0.0494. The third kappa shape index (κ3) is 8.74. The third-order valence-corrected chi connectivity index (χ3v) is 7.49. The fraction of sp³-hybridized carbons (Fsp3) is 0.344. The Morgan fingerprint density at radius 1 is 1.02 bits per heavy atom. The van der Waals surface area contributed by atoms with E-state index >= 15 is 0 Å². The van der Waals surface area contributed by atoms with Crippen LogP contribution in [-0.2, 0) is 35.0 Å². The Hall–Kier alpha value is -4.75. The van der Waals surface area contributed by atoms with Gasteiger partial charge in [-0.3, -0.25) is 14.4 Å². The molecular weight excluding hydrogens is 657 g/mol. The van der Waals surface area contributed by atoms with Crippen LogP contribution in [0.1, 0.15) is 47.3 Å². The van der Waals surface area contributed by atoms with E-state index in [4.69, 9.17) is 46.9 Å². The summed E-state index contributed by atoms with van der Waals surface area (Å²) in [7, 11) is 1.27. The minimum absolute atomic E-state index is 0.0350. The van der Waals surface area contributed by atoms with Gasteiger partial charge in [-0.1, -0.05) is 67.4 Å². The molecule has 1 saturated heterocycles. The average molecular weight is 689 g/mol. The Labute approximate surface area is 279 Å². The number of carbonyl (C=O) groups excluding carboxylic acids is 5. The monoisotopic (exact) mass is 687 g/mol. The first-order valence-corrected chi connectivity index (χ1v) is 15.1. The normalized spacial score (nSPS) is 19.7. The van der Waals surface area contributed by atoms with Crippen LogP contribution in [0, 0.1) is 11.8 Å². The van der Waals surface area contributed by atoms with Crippen LogP contribution in [0.3, 0.4) is 0 Å². The maximum atomic E-state index is 13.5. The molecule has 0 bridgehead atoms. The van der Waals surface area contributed by atoms with E-state index in [1.807, 2.05) is 6.07 Å². The summed E-state index contributed by atoms with van der Waals surface area (Å²) in [6.45, 7) is 4.10. The van der Waals surface area contributed by atoms with Crippen LogP contribution in [0.4, 0.5) is 0 Å². The average Bonchev–Trinajstić information content (AvgIpc) is 3.08. The lowest BCUT2D eigenvalue weighted by molar-refractivity contribution is -0.176. The second-order valence-electron chi connectivity index (χ2n) is 10.7. The van der Waals surface area contributed by atoms with Crippen molar-refractivity contribution in [3.63, 3.8) is 0 Å². The Bertz CT molecular complexity index is 1650. The molecule has 1 N–H and O–H groups in total. The zero-order valence-corrected chi connectivity index (χ0v) is 27.2. The molecule has 0 aliphatic carbocycles. The molecule has 0 unspecified atom stereocenters. The van der Waals surface area contributed by atoms with Crippen LogP contribution in [0.2, 0.25) is 10.2 Å². The van der Waals surface area contributed by atoms with Gasteiger partial charge >= 0.3 is 23.9 Å². The van der Waals surface area contributed by atoms with E-state index in [0.29, 0.717) is 0 Å². The van der Waals surface area contributed by atoms with E-state index in [-0.39, 0.29) is 28.0 Å². The Balaban J connectivity index is 1.61. The molecule has 0 spiro atoms. The summed E-state index contributed by atoms with van der Waals surface area (Å²) in [5.74, 6) is -6.51. The van der Waals surface area contributed by atoms with Gasteiger partial charge < -0.3 is 29.0 Å². The zero-order chi connectivity index (χ0) is 34.2. The van der Waals surface area contributed by atoms with Gasteiger partial charge in [0, 0.05) is 12.3 Å². The minimum Gasteiger partial charge on any atom is -0.493 e. The number of amides is 1. The number of ether oxygens (including phenoxy) is 5. The lowest BCUT2D eigenvalue weighted by Crippen LogP contribution is -2.47. The highest BCUT2D eigenvalue weighted by atomic mass is 35.5. The van der Waals surface area contributed by atoms with E-state index in [1.165, 1.54) is 38.4 Å². The fourth-order valence-corrected chi connectivity index (χ4v) is 4.86. The molecule has 15 heteroatoms. The number of halogens is 2. The summed E-state index contributed by atoms with van der Waals surface area (Å²) in [5, 5.41) is 2.31. The minimum atomic E-state index is -1.54. The molecule has 47 heavy (non-hydrogen) atoms.